The van der Waals surface area contributed by atoms with Crippen molar-refractivity contribution in [2.75, 3.05) is 13.1 Å². The van der Waals surface area contributed by atoms with Gasteiger partial charge in [0.25, 0.3) is 5.91 Å². The summed E-state index contributed by atoms with van der Waals surface area (Å²) >= 11 is 5.83. The number of amides is 2. The summed E-state index contributed by atoms with van der Waals surface area (Å²) in [6.45, 7) is 4.35. The van der Waals surface area contributed by atoms with Gasteiger partial charge in [-0.05, 0) is 50.1 Å². The number of aryl methyl sites for hydroxylation is 2. The predicted molar refractivity (Wildman–Crippen MR) is 96.4 cm³/mol. The van der Waals surface area contributed by atoms with Crippen LogP contribution in [0.5, 0.6) is 0 Å². The highest BCUT2D eigenvalue weighted by atomic mass is 35.5. The highest BCUT2D eigenvalue weighted by Crippen LogP contribution is 2.10. The van der Waals surface area contributed by atoms with Crippen LogP contribution in [-0.2, 0) is 11.2 Å². The molecule has 0 saturated carbocycles. The van der Waals surface area contributed by atoms with Gasteiger partial charge >= 0.3 is 0 Å². The van der Waals surface area contributed by atoms with E-state index in [9.17, 15) is 9.59 Å². The van der Waals surface area contributed by atoms with Crippen molar-refractivity contribution in [1.82, 2.24) is 10.6 Å². The molecule has 0 heterocycles. The molecule has 0 atom stereocenters. The standard InChI is InChI=1S/C19H21ClN2O2/c1-13-9-14(2)11-16(10-13)19(24)22-12-18(23)21-8-7-15-3-5-17(20)6-4-15/h3-6,9-11H,7-8,12H2,1-2H3,(H,21,23)(H,22,24). The fourth-order valence-corrected chi connectivity index (χ4v) is 2.55. The fraction of sp³-hybridized carbons (Fsp3) is 0.263. The normalized spacial score (nSPS) is 10.3. The van der Waals surface area contributed by atoms with E-state index in [1.54, 1.807) is 12.1 Å². The van der Waals surface area contributed by atoms with Gasteiger partial charge in [-0.15, -0.1) is 0 Å². The van der Waals surface area contributed by atoms with E-state index in [1.165, 1.54) is 0 Å². The lowest BCUT2D eigenvalue weighted by atomic mass is 10.1. The average Bonchev–Trinajstić information content (AvgIpc) is 2.53. The van der Waals surface area contributed by atoms with Crippen molar-refractivity contribution >= 4 is 23.4 Å². The third-order valence-corrected chi connectivity index (χ3v) is 3.79. The molecular weight excluding hydrogens is 324 g/mol. The van der Waals surface area contributed by atoms with Crippen molar-refractivity contribution < 1.29 is 9.59 Å². The van der Waals surface area contributed by atoms with Crippen molar-refractivity contribution in [2.45, 2.75) is 20.3 Å². The smallest absolute Gasteiger partial charge is 0.251 e. The topological polar surface area (TPSA) is 58.2 Å². The highest BCUT2D eigenvalue weighted by molar-refractivity contribution is 6.30. The molecule has 0 fully saturated rings. The maximum atomic E-state index is 12.1. The number of hydrogen-bond acceptors (Lipinski definition) is 2. The van der Waals surface area contributed by atoms with Crippen LogP contribution in [0.1, 0.15) is 27.0 Å². The number of nitrogens with one attached hydrogen (secondary N) is 2. The van der Waals surface area contributed by atoms with Gasteiger partial charge in [0.1, 0.15) is 0 Å². The Morgan fingerprint density at radius 3 is 2.21 bits per heavy atom. The summed E-state index contributed by atoms with van der Waals surface area (Å²) in [6.07, 6.45) is 0.716. The first kappa shape index (κ1) is 18.0. The van der Waals surface area contributed by atoms with Gasteiger partial charge in [-0.1, -0.05) is 40.9 Å². The molecule has 24 heavy (non-hydrogen) atoms. The molecule has 0 radical (unpaired) electrons. The van der Waals surface area contributed by atoms with Crippen LogP contribution in [0.3, 0.4) is 0 Å². The molecule has 2 aromatic carbocycles. The number of carbonyl (C=O) groups is 2. The molecular formula is C19H21ClN2O2. The Labute approximate surface area is 147 Å². The Bertz CT molecular complexity index is 706. The zero-order chi connectivity index (χ0) is 17.5. The molecule has 0 aliphatic heterocycles. The van der Waals surface area contributed by atoms with Crippen LogP contribution in [0.4, 0.5) is 0 Å². The van der Waals surface area contributed by atoms with Crippen molar-refractivity contribution in [2.24, 2.45) is 0 Å². The second-order valence-corrected chi connectivity index (χ2v) is 6.22. The van der Waals surface area contributed by atoms with Gasteiger partial charge in [-0.2, -0.15) is 0 Å². The molecule has 0 aliphatic carbocycles. The van der Waals surface area contributed by atoms with Crippen molar-refractivity contribution in [1.29, 1.82) is 0 Å². The molecule has 2 rings (SSSR count). The lowest BCUT2D eigenvalue weighted by Crippen LogP contribution is -2.37. The minimum absolute atomic E-state index is 0.0353. The molecule has 0 aliphatic rings. The molecule has 0 spiro atoms. The summed E-state index contributed by atoms with van der Waals surface area (Å²) in [5.41, 5.74) is 3.71. The lowest BCUT2D eigenvalue weighted by Gasteiger charge is -2.08. The van der Waals surface area contributed by atoms with E-state index in [0.29, 0.717) is 23.6 Å². The van der Waals surface area contributed by atoms with Gasteiger partial charge in [0.15, 0.2) is 0 Å². The van der Waals surface area contributed by atoms with Gasteiger partial charge in [0.05, 0.1) is 6.54 Å². The zero-order valence-electron chi connectivity index (χ0n) is 13.9. The van der Waals surface area contributed by atoms with E-state index in [1.807, 2.05) is 44.2 Å². The average molecular weight is 345 g/mol. The summed E-state index contributed by atoms with van der Waals surface area (Å²) in [5.74, 6) is -0.448. The first-order valence-corrected chi connectivity index (χ1v) is 8.19. The van der Waals surface area contributed by atoms with Gasteiger partial charge in [0.2, 0.25) is 5.91 Å². The highest BCUT2D eigenvalue weighted by Gasteiger charge is 2.08. The number of rotatable bonds is 6. The summed E-state index contributed by atoms with van der Waals surface area (Å²) in [7, 11) is 0. The van der Waals surface area contributed by atoms with Crippen LogP contribution in [0.25, 0.3) is 0 Å². The van der Waals surface area contributed by atoms with E-state index in [-0.39, 0.29) is 18.4 Å². The molecule has 5 heteroatoms. The summed E-state index contributed by atoms with van der Waals surface area (Å²) in [5, 5.41) is 6.12. The first-order chi connectivity index (χ1) is 11.4. The van der Waals surface area contributed by atoms with Crippen LogP contribution in [0, 0.1) is 13.8 Å². The minimum atomic E-state index is -0.241. The van der Waals surface area contributed by atoms with Gasteiger partial charge < -0.3 is 10.6 Å². The molecule has 0 unspecified atom stereocenters. The van der Waals surface area contributed by atoms with Crippen LogP contribution < -0.4 is 10.6 Å². The first-order valence-electron chi connectivity index (χ1n) is 7.81. The molecule has 2 amide bonds. The van der Waals surface area contributed by atoms with E-state index in [0.717, 1.165) is 16.7 Å². The molecule has 4 nitrogen and oxygen atoms in total. The number of carbonyl (C=O) groups excluding carboxylic acids is 2. The Morgan fingerprint density at radius 2 is 1.58 bits per heavy atom. The Morgan fingerprint density at radius 1 is 0.958 bits per heavy atom. The molecule has 0 saturated heterocycles. The van der Waals surface area contributed by atoms with E-state index in [4.69, 9.17) is 11.6 Å². The van der Waals surface area contributed by atoms with E-state index in [2.05, 4.69) is 10.6 Å². The van der Waals surface area contributed by atoms with Crippen LogP contribution in [0.15, 0.2) is 42.5 Å². The second kappa shape index (κ2) is 8.50. The molecule has 126 valence electrons. The predicted octanol–water partition coefficient (Wildman–Crippen LogP) is 3.05. The third-order valence-electron chi connectivity index (χ3n) is 3.54. The third kappa shape index (κ3) is 5.70. The van der Waals surface area contributed by atoms with Crippen molar-refractivity contribution in [3.63, 3.8) is 0 Å². The second-order valence-electron chi connectivity index (χ2n) is 5.79. The fourth-order valence-electron chi connectivity index (χ4n) is 2.43. The number of benzene rings is 2. The van der Waals surface area contributed by atoms with Crippen LogP contribution in [0.2, 0.25) is 5.02 Å². The largest absolute Gasteiger partial charge is 0.354 e. The summed E-state index contributed by atoms with van der Waals surface area (Å²) < 4.78 is 0. The summed E-state index contributed by atoms with van der Waals surface area (Å²) in [4.78, 5) is 23.9. The van der Waals surface area contributed by atoms with Crippen LogP contribution in [-0.4, -0.2) is 24.9 Å². The van der Waals surface area contributed by atoms with Gasteiger partial charge in [-0.3, -0.25) is 9.59 Å². The number of halogens is 1. The maximum Gasteiger partial charge on any atom is 0.251 e. The lowest BCUT2D eigenvalue weighted by molar-refractivity contribution is -0.120. The quantitative estimate of drug-likeness (QED) is 0.846. The van der Waals surface area contributed by atoms with Gasteiger partial charge in [0, 0.05) is 17.1 Å². The van der Waals surface area contributed by atoms with E-state index < -0.39 is 0 Å². The SMILES string of the molecule is Cc1cc(C)cc(C(=O)NCC(=O)NCCc2ccc(Cl)cc2)c1. The summed E-state index contributed by atoms with van der Waals surface area (Å²) in [6, 6.07) is 13.1. The molecule has 0 bridgehead atoms. The van der Waals surface area contributed by atoms with Gasteiger partial charge in [-0.25, -0.2) is 0 Å². The van der Waals surface area contributed by atoms with Crippen molar-refractivity contribution in [3.05, 3.63) is 69.7 Å². The molecule has 2 aromatic rings. The Balaban J connectivity index is 1.74. The Hall–Kier alpha value is -2.33. The number of hydrogen-bond donors (Lipinski definition) is 2. The van der Waals surface area contributed by atoms with Crippen LogP contribution >= 0.6 is 11.6 Å². The molecule has 2 N–H and O–H groups in total. The monoisotopic (exact) mass is 344 g/mol. The zero-order valence-corrected chi connectivity index (χ0v) is 14.6. The Kier molecular flexibility index (Phi) is 6.38. The molecule has 0 aromatic heterocycles. The minimum Gasteiger partial charge on any atom is -0.354 e. The maximum absolute atomic E-state index is 12.1. The van der Waals surface area contributed by atoms with E-state index >= 15 is 0 Å². The van der Waals surface area contributed by atoms with Crippen molar-refractivity contribution in [3.8, 4) is 0 Å².